The molecule has 0 saturated carbocycles. The summed E-state index contributed by atoms with van der Waals surface area (Å²) < 4.78 is 36.2. The maximum Gasteiger partial charge on any atom is 0.274 e. The number of sulfonamides is 1. The SMILES string of the molecule is CNCc1ccc(S(=O)(=O)NC(C)COC)o1. The average Bonchev–Trinajstić information content (AvgIpc) is 2.67. The van der Waals surface area contributed by atoms with Crippen LogP contribution in [-0.4, -0.2) is 35.2 Å². The first kappa shape index (κ1) is 14.2. The van der Waals surface area contributed by atoms with Crippen molar-refractivity contribution in [3.63, 3.8) is 0 Å². The molecule has 1 heterocycles. The normalized spacial score (nSPS) is 13.8. The lowest BCUT2D eigenvalue weighted by atomic mass is 10.4. The van der Waals surface area contributed by atoms with Crippen molar-refractivity contribution >= 4 is 10.0 Å². The minimum absolute atomic E-state index is 0.0781. The third-order valence-electron chi connectivity index (χ3n) is 2.03. The smallest absolute Gasteiger partial charge is 0.274 e. The highest BCUT2D eigenvalue weighted by atomic mass is 32.2. The summed E-state index contributed by atoms with van der Waals surface area (Å²) in [7, 11) is -0.328. The fourth-order valence-electron chi connectivity index (χ4n) is 1.38. The topological polar surface area (TPSA) is 80.6 Å². The van der Waals surface area contributed by atoms with Crippen LogP contribution >= 0.6 is 0 Å². The van der Waals surface area contributed by atoms with Crippen molar-refractivity contribution in [1.29, 1.82) is 0 Å². The molecule has 1 unspecified atom stereocenters. The van der Waals surface area contributed by atoms with Gasteiger partial charge in [0.25, 0.3) is 10.0 Å². The van der Waals surface area contributed by atoms with E-state index in [1.54, 1.807) is 20.0 Å². The van der Waals surface area contributed by atoms with Crippen LogP contribution in [-0.2, 0) is 21.3 Å². The van der Waals surface area contributed by atoms with Crippen LogP contribution < -0.4 is 10.0 Å². The summed E-state index contributed by atoms with van der Waals surface area (Å²) in [4.78, 5) is 0. The Morgan fingerprint density at radius 1 is 1.47 bits per heavy atom. The number of methoxy groups -OCH3 is 1. The zero-order valence-corrected chi connectivity index (χ0v) is 11.0. The van der Waals surface area contributed by atoms with Gasteiger partial charge >= 0.3 is 0 Å². The van der Waals surface area contributed by atoms with Crippen LogP contribution in [0.15, 0.2) is 21.6 Å². The van der Waals surface area contributed by atoms with E-state index in [1.165, 1.54) is 13.2 Å². The summed E-state index contributed by atoms with van der Waals surface area (Å²) in [6.07, 6.45) is 0. The van der Waals surface area contributed by atoms with Gasteiger partial charge in [-0.05, 0) is 26.1 Å². The molecular formula is C10H18N2O4S. The Balaban J connectivity index is 2.75. The highest BCUT2D eigenvalue weighted by molar-refractivity contribution is 7.89. The molecular weight excluding hydrogens is 244 g/mol. The molecule has 0 bridgehead atoms. The number of rotatable bonds is 7. The standard InChI is InChI=1S/C10H18N2O4S/c1-8(7-15-3)12-17(13,14)10-5-4-9(16-10)6-11-2/h4-5,8,11-12H,6-7H2,1-3H3. The Morgan fingerprint density at radius 2 is 2.18 bits per heavy atom. The molecule has 2 N–H and O–H groups in total. The lowest BCUT2D eigenvalue weighted by molar-refractivity contribution is 0.180. The van der Waals surface area contributed by atoms with Gasteiger partial charge in [-0.3, -0.25) is 0 Å². The molecule has 1 aromatic heterocycles. The minimum Gasteiger partial charge on any atom is -0.447 e. The lowest BCUT2D eigenvalue weighted by Gasteiger charge is -2.11. The van der Waals surface area contributed by atoms with Gasteiger partial charge in [-0.1, -0.05) is 0 Å². The molecule has 0 aliphatic heterocycles. The number of nitrogens with one attached hydrogen (secondary N) is 2. The molecule has 1 atom stereocenters. The quantitative estimate of drug-likeness (QED) is 0.739. The van der Waals surface area contributed by atoms with Crippen LogP contribution in [0.2, 0.25) is 0 Å². The summed E-state index contributed by atoms with van der Waals surface area (Å²) in [5, 5.41) is 2.80. The van der Waals surface area contributed by atoms with Gasteiger partial charge in [-0.2, -0.15) is 0 Å². The molecule has 0 radical (unpaired) electrons. The van der Waals surface area contributed by atoms with E-state index in [1.807, 2.05) is 0 Å². The van der Waals surface area contributed by atoms with Crippen LogP contribution in [0.5, 0.6) is 0 Å². The van der Waals surface area contributed by atoms with Gasteiger partial charge in [0.15, 0.2) is 0 Å². The highest BCUT2D eigenvalue weighted by Gasteiger charge is 2.21. The molecule has 0 saturated heterocycles. The second kappa shape index (κ2) is 6.15. The minimum atomic E-state index is -3.60. The van der Waals surface area contributed by atoms with Crippen LogP contribution in [0.4, 0.5) is 0 Å². The molecule has 7 heteroatoms. The summed E-state index contributed by atoms with van der Waals surface area (Å²) in [5.41, 5.74) is 0. The third-order valence-corrected chi connectivity index (χ3v) is 3.49. The Morgan fingerprint density at radius 3 is 2.76 bits per heavy atom. The van der Waals surface area contributed by atoms with Crippen molar-refractivity contribution in [2.24, 2.45) is 0 Å². The van der Waals surface area contributed by atoms with Crippen LogP contribution in [0.25, 0.3) is 0 Å². The van der Waals surface area contributed by atoms with E-state index in [0.29, 0.717) is 18.9 Å². The first-order chi connectivity index (χ1) is 7.99. The molecule has 0 aromatic carbocycles. The second-order valence-corrected chi connectivity index (χ2v) is 5.37. The maximum atomic E-state index is 11.9. The fourth-order valence-corrected chi connectivity index (χ4v) is 2.56. The van der Waals surface area contributed by atoms with Gasteiger partial charge in [-0.15, -0.1) is 0 Å². The molecule has 1 rings (SSSR count). The van der Waals surface area contributed by atoms with E-state index in [4.69, 9.17) is 9.15 Å². The van der Waals surface area contributed by atoms with Crippen LogP contribution in [0.1, 0.15) is 12.7 Å². The molecule has 0 aliphatic rings. The van der Waals surface area contributed by atoms with Crippen molar-refractivity contribution in [2.45, 2.75) is 24.6 Å². The molecule has 1 aromatic rings. The molecule has 17 heavy (non-hydrogen) atoms. The molecule has 0 amide bonds. The zero-order chi connectivity index (χ0) is 12.9. The van der Waals surface area contributed by atoms with Gasteiger partial charge < -0.3 is 14.5 Å². The summed E-state index contributed by atoms with van der Waals surface area (Å²) in [6.45, 7) is 2.52. The van der Waals surface area contributed by atoms with Gasteiger partial charge in [0.05, 0.1) is 13.2 Å². The zero-order valence-electron chi connectivity index (χ0n) is 10.2. The molecule has 98 valence electrons. The summed E-state index contributed by atoms with van der Waals surface area (Å²) in [5.74, 6) is 0.576. The monoisotopic (exact) mass is 262 g/mol. The molecule has 6 nitrogen and oxygen atoms in total. The van der Waals surface area contributed by atoms with Crippen molar-refractivity contribution < 1.29 is 17.6 Å². The summed E-state index contributed by atoms with van der Waals surface area (Å²) in [6, 6.07) is 2.77. The van der Waals surface area contributed by atoms with E-state index in [0.717, 1.165) is 0 Å². The second-order valence-electron chi connectivity index (χ2n) is 3.73. The first-order valence-corrected chi connectivity index (χ1v) is 6.72. The molecule has 0 spiro atoms. The Labute approximate surface area is 101 Å². The van der Waals surface area contributed by atoms with Gasteiger partial charge in [0, 0.05) is 13.2 Å². The van der Waals surface area contributed by atoms with E-state index in [2.05, 4.69) is 10.0 Å². The number of hydrogen-bond acceptors (Lipinski definition) is 5. The third kappa shape index (κ3) is 4.12. The predicted octanol–water partition coefficient (Wildman–Crippen LogP) is 0.312. The van der Waals surface area contributed by atoms with Gasteiger partial charge in [-0.25, -0.2) is 13.1 Å². The van der Waals surface area contributed by atoms with E-state index in [-0.39, 0.29) is 11.1 Å². The van der Waals surface area contributed by atoms with Crippen molar-refractivity contribution in [3.8, 4) is 0 Å². The Bertz CT molecular complexity index is 441. The van der Waals surface area contributed by atoms with Crippen molar-refractivity contribution in [2.75, 3.05) is 20.8 Å². The largest absolute Gasteiger partial charge is 0.447 e. The first-order valence-electron chi connectivity index (χ1n) is 5.24. The summed E-state index contributed by atoms with van der Waals surface area (Å²) >= 11 is 0. The van der Waals surface area contributed by atoms with Crippen LogP contribution in [0, 0.1) is 0 Å². The average molecular weight is 262 g/mol. The Hall–Kier alpha value is -0.890. The van der Waals surface area contributed by atoms with Gasteiger partial charge in [0.1, 0.15) is 5.76 Å². The number of hydrogen-bond donors (Lipinski definition) is 2. The van der Waals surface area contributed by atoms with Crippen molar-refractivity contribution in [1.82, 2.24) is 10.0 Å². The number of ether oxygens (including phenoxy) is 1. The Kier molecular flexibility index (Phi) is 5.13. The lowest BCUT2D eigenvalue weighted by Crippen LogP contribution is -2.35. The van der Waals surface area contributed by atoms with Crippen LogP contribution in [0.3, 0.4) is 0 Å². The molecule has 0 aliphatic carbocycles. The number of furan rings is 1. The maximum absolute atomic E-state index is 11.9. The molecule has 0 fully saturated rings. The van der Waals surface area contributed by atoms with E-state index < -0.39 is 10.0 Å². The van der Waals surface area contributed by atoms with E-state index >= 15 is 0 Å². The predicted molar refractivity (Wildman–Crippen MR) is 63.1 cm³/mol. The van der Waals surface area contributed by atoms with Gasteiger partial charge in [0.2, 0.25) is 5.09 Å². The fraction of sp³-hybridized carbons (Fsp3) is 0.600. The van der Waals surface area contributed by atoms with Crippen molar-refractivity contribution in [3.05, 3.63) is 17.9 Å². The highest BCUT2D eigenvalue weighted by Crippen LogP contribution is 2.14. The van der Waals surface area contributed by atoms with E-state index in [9.17, 15) is 8.42 Å².